The van der Waals surface area contributed by atoms with Gasteiger partial charge < -0.3 is 19.7 Å². The lowest BCUT2D eigenvalue weighted by Gasteiger charge is -2.32. The topological polar surface area (TPSA) is 33.7 Å². The smallest absolute Gasteiger partial charge is 0.142 e. The minimum atomic E-state index is 0.382. The van der Waals surface area contributed by atoms with Gasteiger partial charge in [0.1, 0.15) is 11.5 Å². The number of hydrogen-bond acceptors (Lipinski definition) is 4. The molecule has 0 amide bonds. The molecular formula is C18H28N2O2. The van der Waals surface area contributed by atoms with E-state index in [-0.39, 0.29) is 0 Å². The maximum Gasteiger partial charge on any atom is 0.142 e. The Kier molecular flexibility index (Phi) is 5.08. The van der Waals surface area contributed by atoms with Crippen LogP contribution in [-0.2, 0) is 0 Å². The summed E-state index contributed by atoms with van der Waals surface area (Å²) in [5, 5.41) is 3.61. The van der Waals surface area contributed by atoms with Crippen LogP contribution in [0.25, 0.3) is 0 Å². The zero-order valence-corrected chi connectivity index (χ0v) is 13.9. The van der Waals surface area contributed by atoms with E-state index in [4.69, 9.17) is 9.47 Å². The van der Waals surface area contributed by atoms with Crippen molar-refractivity contribution in [2.75, 3.05) is 38.8 Å². The van der Waals surface area contributed by atoms with Crippen molar-refractivity contribution < 1.29 is 9.47 Å². The number of nitrogens with zero attached hydrogens (tertiary/aromatic N) is 1. The van der Waals surface area contributed by atoms with E-state index in [1.54, 1.807) is 14.2 Å². The molecule has 1 N–H and O–H groups in total. The molecule has 0 bridgehead atoms. The summed E-state index contributed by atoms with van der Waals surface area (Å²) in [7, 11) is 3.54. The van der Waals surface area contributed by atoms with Crippen LogP contribution in [0.3, 0.4) is 0 Å². The molecule has 0 saturated carbocycles. The zero-order valence-electron chi connectivity index (χ0n) is 13.9. The Hall–Kier alpha value is -1.42. The monoisotopic (exact) mass is 304 g/mol. The molecule has 0 spiro atoms. The largest absolute Gasteiger partial charge is 0.496 e. The first-order valence-corrected chi connectivity index (χ1v) is 8.57. The van der Waals surface area contributed by atoms with E-state index >= 15 is 0 Å². The molecule has 4 nitrogen and oxygen atoms in total. The highest BCUT2D eigenvalue weighted by molar-refractivity contribution is 5.64. The van der Waals surface area contributed by atoms with Gasteiger partial charge in [0.2, 0.25) is 0 Å². The van der Waals surface area contributed by atoms with Crippen LogP contribution in [-0.4, -0.2) is 33.9 Å². The molecule has 0 aromatic heterocycles. The number of piperidine rings is 2. The SMILES string of the molecule is COc1cc(N2CCCCC2)c(OC)cc1C1CCCCN1. The number of rotatable bonds is 4. The number of methoxy groups -OCH3 is 2. The van der Waals surface area contributed by atoms with Crippen LogP contribution in [0.4, 0.5) is 5.69 Å². The minimum absolute atomic E-state index is 0.382. The van der Waals surface area contributed by atoms with E-state index in [9.17, 15) is 0 Å². The first-order chi connectivity index (χ1) is 10.8. The van der Waals surface area contributed by atoms with Crippen LogP contribution in [0.5, 0.6) is 11.5 Å². The summed E-state index contributed by atoms with van der Waals surface area (Å²) in [6.45, 7) is 3.31. The summed E-state index contributed by atoms with van der Waals surface area (Å²) < 4.78 is 11.4. The van der Waals surface area contributed by atoms with Gasteiger partial charge >= 0.3 is 0 Å². The van der Waals surface area contributed by atoms with E-state index in [1.165, 1.54) is 49.8 Å². The first-order valence-electron chi connectivity index (χ1n) is 8.57. The third-order valence-corrected chi connectivity index (χ3v) is 4.91. The van der Waals surface area contributed by atoms with Gasteiger partial charge in [-0.3, -0.25) is 0 Å². The molecule has 4 heteroatoms. The van der Waals surface area contributed by atoms with Gasteiger partial charge in [0, 0.05) is 30.8 Å². The van der Waals surface area contributed by atoms with Crippen LogP contribution in [0.15, 0.2) is 12.1 Å². The number of nitrogens with one attached hydrogen (secondary N) is 1. The summed E-state index contributed by atoms with van der Waals surface area (Å²) in [5.41, 5.74) is 2.42. The lowest BCUT2D eigenvalue weighted by atomic mass is 9.95. The third-order valence-electron chi connectivity index (χ3n) is 4.91. The summed E-state index contributed by atoms with van der Waals surface area (Å²) >= 11 is 0. The number of anilines is 1. The average molecular weight is 304 g/mol. The minimum Gasteiger partial charge on any atom is -0.496 e. The molecule has 3 rings (SSSR count). The standard InChI is InChI=1S/C18H28N2O2/c1-21-17-13-16(20-10-6-3-7-11-20)18(22-2)12-14(17)15-8-4-5-9-19-15/h12-13,15,19H,3-11H2,1-2H3. The van der Waals surface area contributed by atoms with Crippen molar-refractivity contribution in [3.05, 3.63) is 17.7 Å². The van der Waals surface area contributed by atoms with Crippen LogP contribution in [0.2, 0.25) is 0 Å². The van der Waals surface area contributed by atoms with Gasteiger partial charge in [-0.15, -0.1) is 0 Å². The predicted octanol–water partition coefficient (Wildman–Crippen LogP) is 3.51. The highest BCUT2D eigenvalue weighted by atomic mass is 16.5. The predicted molar refractivity (Wildman–Crippen MR) is 90.2 cm³/mol. The molecule has 22 heavy (non-hydrogen) atoms. The van der Waals surface area contributed by atoms with Gasteiger partial charge in [0.05, 0.1) is 19.9 Å². The Labute approximate surface area is 133 Å². The first kappa shape index (κ1) is 15.5. The van der Waals surface area contributed by atoms with Gasteiger partial charge in [-0.05, 0) is 44.7 Å². The van der Waals surface area contributed by atoms with Crippen LogP contribution < -0.4 is 19.7 Å². The molecule has 1 aromatic rings. The zero-order chi connectivity index (χ0) is 15.4. The second-order valence-corrected chi connectivity index (χ2v) is 6.32. The molecule has 2 fully saturated rings. The van der Waals surface area contributed by atoms with Crippen LogP contribution >= 0.6 is 0 Å². The van der Waals surface area contributed by atoms with Crippen molar-refractivity contribution in [3.8, 4) is 11.5 Å². The molecule has 1 atom stereocenters. The Morgan fingerprint density at radius 1 is 0.955 bits per heavy atom. The van der Waals surface area contributed by atoms with Crippen molar-refractivity contribution >= 4 is 5.69 Å². The fourth-order valence-corrected chi connectivity index (χ4v) is 3.68. The summed E-state index contributed by atoms with van der Waals surface area (Å²) in [6, 6.07) is 4.75. The summed E-state index contributed by atoms with van der Waals surface area (Å²) in [5.74, 6) is 1.96. The van der Waals surface area contributed by atoms with Gasteiger partial charge in [-0.2, -0.15) is 0 Å². The Morgan fingerprint density at radius 2 is 1.73 bits per heavy atom. The Morgan fingerprint density at radius 3 is 2.36 bits per heavy atom. The molecule has 0 aliphatic carbocycles. The molecule has 0 radical (unpaired) electrons. The van der Waals surface area contributed by atoms with Crippen LogP contribution in [0.1, 0.15) is 50.1 Å². The van der Waals surface area contributed by atoms with Crippen molar-refractivity contribution in [3.63, 3.8) is 0 Å². The van der Waals surface area contributed by atoms with E-state index in [2.05, 4.69) is 22.3 Å². The molecule has 1 unspecified atom stereocenters. The van der Waals surface area contributed by atoms with Gasteiger partial charge in [-0.1, -0.05) is 6.42 Å². The highest BCUT2D eigenvalue weighted by Gasteiger charge is 2.23. The number of ether oxygens (including phenoxy) is 2. The summed E-state index contributed by atoms with van der Waals surface area (Å²) in [6.07, 6.45) is 7.57. The second-order valence-electron chi connectivity index (χ2n) is 6.32. The lowest BCUT2D eigenvalue weighted by molar-refractivity contribution is 0.367. The quantitative estimate of drug-likeness (QED) is 0.923. The average Bonchev–Trinajstić information content (AvgIpc) is 2.62. The molecular weight excluding hydrogens is 276 g/mol. The van der Waals surface area contributed by atoms with E-state index in [0.29, 0.717) is 6.04 Å². The van der Waals surface area contributed by atoms with E-state index < -0.39 is 0 Å². The molecule has 2 heterocycles. The van der Waals surface area contributed by atoms with Crippen molar-refractivity contribution in [1.29, 1.82) is 0 Å². The lowest BCUT2D eigenvalue weighted by Crippen LogP contribution is -2.30. The fourth-order valence-electron chi connectivity index (χ4n) is 3.68. The molecule has 2 aliphatic heterocycles. The Balaban J connectivity index is 1.94. The van der Waals surface area contributed by atoms with Crippen LogP contribution in [0, 0.1) is 0 Å². The van der Waals surface area contributed by atoms with Crippen molar-refractivity contribution in [1.82, 2.24) is 5.32 Å². The van der Waals surface area contributed by atoms with E-state index in [0.717, 1.165) is 31.1 Å². The van der Waals surface area contributed by atoms with Crippen molar-refractivity contribution in [2.45, 2.75) is 44.6 Å². The third kappa shape index (κ3) is 3.17. The Bertz CT molecular complexity index is 446. The summed E-state index contributed by atoms with van der Waals surface area (Å²) in [4.78, 5) is 2.43. The second kappa shape index (κ2) is 7.23. The van der Waals surface area contributed by atoms with Gasteiger partial charge in [0.25, 0.3) is 0 Å². The highest BCUT2D eigenvalue weighted by Crippen LogP contribution is 2.40. The maximum atomic E-state index is 5.71. The normalized spacial score (nSPS) is 22.5. The van der Waals surface area contributed by atoms with Gasteiger partial charge in [-0.25, -0.2) is 0 Å². The maximum absolute atomic E-state index is 5.71. The van der Waals surface area contributed by atoms with E-state index in [1.807, 2.05) is 0 Å². The molecule has 2 saturated heterocycles. The number of benzene rings is 1. The number of hydrogen-bond donors (Lipinski definition) is 1. The molecule has 122 valence electrons. The molecule has 1 aromatic carbocycles. The van der Waals surface area contributed by atoms with Crippen molar-refractivity contribution in [2.24, 2.45) is 0 Å². The fraction of sp³-hybridized carbons (Fsp3) is 0.667. The van der Waals surface area contributed by atoms with Gasteiger partial charge in [0.15, 0.2) is 0 Å². The molecule has 2 aliphatic rings.